The van der Waals surface area contributed by atoms with Crippen LogP contribution in [-0.2, 0) is 29.2 Å². The van der Waals surface area contributed by atoms with Crippen LogP contribution in [0.5, 0.6) is 0 Å². The van der Waals surface area contributed by atoms with Gasteiger partial charge in [-0.2, -0.15) is 4.31 Å². The highest BCUT2D eigenvalue weighted by atomic mass is 32.2. The minimum atomic E-state index is -3.78. The molecule has 5 atom stereocenters. The summed E-state index contributed by atoms with van der Waals surface area (Å²) in [6.45, 7) is 17.5. The number of urea groups is 1. The predicted octanol–water partition coefficient (Wildman–Crippen LogP) is 5.96. The van der Waals surface area contributed by atoms with E-state index in [1.807, 2.05) is 27.7 Å². The number of sulfonamides is 1. The van der Waals surface area contributed by atoms with Crippen LogP contribution in [0.1, 0.15) is 126 Å². The Morgan fingerprint density at radius 3 is 2.25 bits per heavy atom. The van der Waals surface area contributed by atoms with E-state index in [0.717, 1.165) is 25.7 Å². The normalized spacial score (nSPS) is 24.1. The van der Waals surface area contributed by atoms with Crippen LogP contribution < -0.4 is 21.3 Å². The second kappa shape index (κ2) is 20.5. The van der Waals surface area contributed by atoms with Crippen LogP contribution in [-0.4, -0.2) is 79.4 Å². The maximum Gasteiger partial charge on any atom is 0.315 e. The molecule has 2 saturated carbocycles. The molecule has 310 valence electrons. The standard InChI is InChI=1S/C41H67N5O7S2/c1-9-12-17-31(35(48)38(50)42-24-11-3)43-37(49)30-21-19-28(18-20-29(30)27(4)5)34(47)36(40(6,7)8)44-39(51)45-41(22-14-13-15-23-41)26-46-25-32(54)33(16-10-2)55(46,52)53/h10-11,16,27-31,36,54H,3,9,12-15,17-26H2,1-2,4-8H3,(H,42,50)(H,43,49)(H2,44,45,51)/b16-10-/t28?,29-,30+,31?,36-/m1/s1. The number of hydrogen-bond acceptors (Lipinski definition) is 8. The van der Waals surface area contributed by atoms with Crippen molar-refractivity contribution in [2.45, 2.75) is 143 Å². The van der Waals surface area contributed by atoms with Crippen LogP contribution in [0.15, 0.2) is 34.6 Å². The highest BCUT2D eigenvalue weighted by Gasteiger charge is 2.45. The van der Waals surface area contributed by atoms with E-state index >= 15 is 0 Å². The van der Waals surface area contributed by atoms with Gasteiger partial charge in [-0.15, -0.1) is 19.2 Å². The number of carbonyl (C=O) groups excluding carboxylic acids is 5. The Hall–Kier alpha value is -2.97. The van der Waals surface area contributed by atoms with Crippen molar-refractivity contribution in [2.75, 3.05) is 19.6 Å². The van der Waals surface area contributed by atoms with Gasteiger partial charge in [-0.25, -0.2) is 13.2 Å². The Kier molecular flexibility index (Phi) is 17.3. The van der Waals surface area contributed by atoms with E-state index in [1.165, 1.54) is 10.4 Å². The van der Waals surface area contributed by atoms with Gasteiger partial charge in [-0.3, -0.25) is 19.2 Å². The molecule has 2 fully saturated rings. The second-order valence-electron chi connectivity index (χ2n) is 17.2. The van der Waals surface area contributed by atoms with E-state index in [4.69, 9.17) is 0 Å². The van der Waals surface area contributed by atoms with E-state index < -0.39 is 62.6 Å². The van der Waals surface area contributed by atoms with Gasteiger partial charge >= 0.3 is 6.03 Å². The first-order chi connectivity index (χ1) is 25.8. The molecule has 4 N–H and O–H groups in total. The zero-order valence-corrected chi connectivity index (χ0v) is 35.9. The first kappa shape index (κ1) is 46.4. The number of allylic oxidation sites excluding steroid dienone is 2. The summed E-state index contributed by atoms with van der Waals surface area (Å²) in [7, 11) is -3.78. The number of Topliss-reactive ketones (excluding diaryl/α,β-unsaturated/α-hetero) is 2. The van der Waals surface area contributed by atoms with Gasteiger partial charge in [-0.1, -0.05) is 85.8 Å². The van der Waals surface area contributed by atoms with Crippen LogP contribution in [0, 0.1) is 29.1 Å². The first-order valence-corrected chi connectivity index (χ1v) is 22.1. The molecular weight excluding hydrogens is 739 g/mol. The highest BCUT2D eigenvalue weighted by Crippen LogP contribution is 2.39. The molecule has 2 aliphatic carbocycles. The van der Waals surface area contributed by atoms with Gasteiger partial charge < -0.3 is 21.3 Å². The molecule has 0 aromatic carbocycles. The van der Waals surface area contributed by atoms with E-state index in [2.05, 4.69) is 54.3 Å². The number of hydrogen-bond donors (Lipinski definition) is 5. The highest BCUT2D eigenvalue weighted by molar-refractivity contribution is 7.95. The fraction of sp³-hybridized carbons (Fsp3) is 0.732. The molecule has 0 spiro atoms. The maximum absolute atomic E-state index is 14.5. The summed E-state index contributed by atoms with van der Waals surface area (Å²) in [5.41, 5.74) is -1.45. The lowest BCUT2D eigenvalue weighted by molar-refractivity contribution is -0.140. The van der Waals surface area contributed by atoms with Crippen molar-refractivity contribution in [1.29, 1.82) is 0 Å². The van der Waals surface area contributed by atoms with Crippen LogP contribution in [0.2, 0.25) is 0 Å². The average molecular weight is 806 g/mol. The molecule has 2 unspecified atom stereocenters. The van der Waals surface area contributed by atoms with Crippen molar-refractivity contribution >= 4 is 52.1 Å². The molecule has 1 heterocycles. The summed E-state index contributed by atoms with van der Waals surface area (Å²) in [6.07, 6.45) is 12.4. The molecule has 3 rings (SSSR count). The predicted molar refractivity (Wildman–Crippen MR) is 220 cm³/mol. The van der Waals surface area contributed by atoms with Gasteiger partial charge in [0.15, 0.2) is 5.78 Å². The molecule has 14 heteroatoms. The fourth-order valence-corrected chi connectivity index (χ4v) is 10.8. The smallest absolute Gasteiger partial charge is 0.315 e. The molecule has 0 bridgehead atoms. The minimum absolute atomic E-state index is 0.0488. The minimum Gasteiger partial charge on any atom is -0.346 e. The second-order valence-corrected chi connectivity index (χ2v) is 19.6. The van der Waals surface area contributed by atoms with E-state index in [9.17, 15) is 32.4 Å². The Morgan fingerprint density at radius 1 is 1.02 bits per heavy atom. The van der Waals surface area contributed by atoms with Crippen molar-refractivity contribution in [2.24, 2.45) is 29.1 Å². The van der Waals surface area contributed by atoms with E-state index in [0.29, 0.717) is 56.3 Å². The third kappa shape index (κ3) is 12.3. The third-order valence-corrected chi connectivity index (χ3v) is 13.9. The topological polar surface area (TPSA) is 171 Å². The molecule has 0 aromatic heterocycles. The number of ketones is 2. The molecule has 4 amide bonds. The monoisotopic (exact) mass is 805 g/mol. The maximum atomic E-state index is 14.5. The number of carbonyl (C=O) groups is 5. The van der Waals surface area contributed by atoms with Gasteiger partial charge in [0.05, 0.1) is 22.5 Å². The summed E-state index contributed by atoms with van der Waals surface area (Å²) < 4.78 is 28.3. The lowest BCUT2D eigenvalue weighted by Crippen LogP contribution is -2.62. The molecular formula is C41H67N5O7S2. The van der Waals surface area contributed by atoms with Crippen LogP contribution in [0.3, 0.4) is 0 Å². The van der Waals surface area contributed by atoms with Crippen molar-refractivity contribution < 1.29 is 32.4 Å². The molecule has 0 radical (unpaired) electrons. The van der Waals surface area contributed by atoms with Gasteiger partial charge in [0.25, 0.3) is 5.91 Å². The Balaban J connectivity index is 1.78. The Labute approximate surface area is 335 Å². The SMILES string of the molecule is C=CCNC(=O)C(=O)C(CCCC)NC(=O)[C@H]1CCC(C(=O)[C@@H](NC(=O)NC2(CN3CC(S)=C(/C=C\C)S3(=O)=O)CCCCC2)C(C)(C)C)CC[C@@H]1C(C)C. The Bertz CT molecular complexity index is 1580. The molecule has 0 aromatic rings. The third-order valence-electron chi connectivity index (χ3n) is 11.5. The van der Waals surface area contributed by atoms with Gasteiger partial charge in [0.1, 0.15) is 0 Å². The van der Waals surface area contributed by atoms with Gasteiger partial charge in [0.2, 0.25) is 21.7 Å². The first-order valence-electron chi connectivity index (χ1n) is 20.2. The zero-order chi connectivity index (χ0) is 41.1. The number of nitrogens with zero attached hydrogens (tertiary/aromatic N) is 1. The van der Waals surface area contributed by atoms with E-state index in [-0.39, 0.29) is 48.1 Å². The Morgan fingerprint density at radius 2 is 1.67 bits per heavy atom. The largest absolute Gasteiger partial charge is 0.346 e. The summed E-state index contributed by atoms with van der Waals surface area (Å²) in [4.78, 5) is 68.6. The number of rotatable bonds is 17. The number of unbranched alkanes of at least 4 members (excludes halogenated alkanes) is 1. The zero-order valence-electron chi connectivity index (χ0n) is 34.2. The fourth-order valence-electron chi connectivity index (χ4n) is 8.45. The molecule has 55 heavy (non-hydrogen) atoms. The summed E-state index contributed by atoms with van der Waals surface area (Å²) in [5, 5.41) is 11.6. The van der Waals surface area contributed by atoms with Crippen LogP contribution in [0.4, 0.5) is 4.79 Å². The number of amides is 4. The van der Waals surface area contributed by atoms with Crippen molar-refractivity contribution in [3.63, 3.8) is 0 Å². The quantitative estimate of drug-likeness (QED) is 0.0523. The van der Waals surface area contributed by atoms with Crippen molar-refractivity contribution in [3.8, 4) is 0 Å². The van der Waals surface area contributed by atoms with Crippen LogP contribution in [0.25, 0.3) is 0 Å². The summed E-state index contributed by atoms with van der Waals surface area (Å²) >= 11 is 4.47. The summed E-state index contributed by atoms with van der Waals surface area (Å²) in [5.74, 6) is -2.59. The molecule has 0 saturated heterocycles. The lowest BCUT2D eigenvalue weighted by Gasteiger charge is -2.41. The van der Waals surface area contributed by atoms with Gasteiger partial charge in [0, 0.05) is 36.4 Å². The lowest BCUT2D eigenvalue weighted by atomic mass is 9.78. The molecule has 12 nitrogen and oxygen atoms in total. The average Bonchev–Trinajstić information content (AvgIpc) is 3.25. The van der Waals surface area contributed by atoms with E-state index in [1.54, 1.807) is 19.1 Å². The van der Waals surface area contributed by atoms with Crippen molar-refractivity contribution in [3.05, 3.63) is 34.6 Å². The van der Waals surface area contributed by atoms with Crippen molar-refractivity contribution in [1.82, 2.24) is 25.6 Å². The van der Waals surface area contributed by atoms with Gasteiger partial charge in [-0.05, 0) is 75.2 Å². The number of nitrogens with one attached hydrogen (secondary N) is 4. The number of thiol groups is 1. The molecule has 1 aliphatic heterocycles. The van der Waals surface area contributed by atoms with Crippen LogP contribution >= 0.6 is 12.6 Å². The molecule has 3 aliphatic rings. The summed E-state index contributed by atoms with van der Waals surface area (Å²) in [6, 6.07) is -2.29.